The van der Waals surface area contributed by atoms with Crippen LogP contribution in [0.15, 0.2) is 42.5 Å². The molecule has 3 nitrogen and oxygen atoms in total. The van der Waals surface area contributed by atoms with Crippen molar-refractivity contribution >= 4 is 17.5 Å². The van der Waals surface area contributed by atoms with Gasteiger partial charge < -0.3 is 5.32 Å². The summed E-state index contributed by atoms with van der Waals surface area (Å²) in [5, 5.41) is 3.63. The first kappa shape index (κ1) is 22.8. The number of benzene rings is 2. The fourth-order valence-corrected chi connectivity index (χ4v) is 4.17. The van der Waals surface area contributed by atoms with Gasteiger partial charge in [0.25, 0.3) is 0 Å². The van der Waals surface area contributed by atoms with Crippen LogP contribution in [0.4, 0.5) is 4.39 Å². The van der Waals surface area contributed by atoms with Crippen LogP contribution in [0.25, 0.3) is 0 Å². The van der Waals surface area contributed by atoms with Crippen LogP contribution < -0.4 is 5.32 Å². The monoisotopic (exact) mass is 430 g/mol. The lowest BCUT2D eigenvalue weighted by molar-refractivity contribution is -0.127. The van der Waals surface area contributed by atoms with Gasteiger partial charge in [-0.25, -0.2) is 4.39 Å². The van der Waals surface area contributed by atoms with Crippen LogP contribution in [0.3, 0.4) is 0 Å². The average molecular weight is 431 g/mol. The van der Waals surface area contributed by atoms with Gasteiger partial charge in [-0.1, -0.05) is 62.7 Å². The number of carbonyl (C=O) groups excluding carboxylic acids is 1. The first-order chi connectivity index (χ1) is 14.1. The number of nitrogens with zero attached hydrogens (tertiary/aromatic N) is 1. The molecule has 1 aliphatic heterocycles. The fourth-order valence-electron chi connectivity index (χ4n) is 3.95. The van der Waals surface area contributed by atoms with E-state index in [1.54, 1.807) is 12.1 Å². The van der Waals surface area contributed by atoms with Crippen molar-refractivity contribution in [2.24, 2.45) is 5.92 Å². The van der Waals surface area contributed by atoms with E-state index in [0.29, 0.717) is 17.1 Å². The molecule has 2 aromatic rings. The average Bonchev–Trinajstić information content (AvgIpc) is 2.70. The predicted octanol–water partition coefficient (Wildman–Crippen LogP) is 5.87. The normalized spacial score (nSPS) is 17.0. The maximum atomic E-state index is 14.0. The van der Waals surface area contributed by atoms with Crippen LogP contribution in [0.2, 0.25) is 5.02 Å². The largest absolute Gasteiger partial charge is 0.349 e. The molecule has 2 aromatic carbocycles. The molecule has 0 radical (unpaired) electrons. The van der Waals surface area contributed by atoms with Gasteiger partial charge in [0.15, 0.2) is 0 Å². The molecular formula is C25H32ClFN2O. The Balaban J connectivity index is 1.51. The van der Waals surface area contributed by atoms with Gasteiger partial charge in [-0.2, -0.15) is 0 Å². The van der Waals surface area contributed by atoms with Crippen molar-refractivity contribution in [1.82, 2.24) is 10.2 Å². The molecule has 1 aliphatic rings. The Morgan fingerprint density at radius 2 is 1.80 bits per heavy atom. The molecule has 5 heteroatoms. The summed E-state index contributed by atoms with van der Waals surface area (Å²) in [6.07, 6.45) is 1.54. The van der Waals surface area contributed by atoms with Gasteiger partial charge in [0, 0.05) is 23.0 Å². The summed E-state index contributed by atoms with van der Waals surface area (Å²) < 4.78 is 14.0. The molecule has 1 atom stereocenters. The molecule has 0 unspecified atom stereocenters. The third kappa shape index (κ3) is 5.61. The number of hydrogen-bond donors (Lipinski definition) is 1. The van der Waals surface area contributed by atoms with Crippen molar-refractivity contribution in [2.75, 3.05) is 13.1 Å². The molecule has 1 amide bonds. The lowest BCUT2D eigenvalue weighted by atomic mass is 9.86. The van der Waals surface area contributed by atoms with Gasteiger partial charge >= 0.3 is 0 Å². The van der Waals surface area contributed by atoms with Crippen molar-refractivity contribution in [2.45, 2.75) is 58.5 Å². The molecule has 1 heterocycles. The SMILES string of the molecule is C[C@H](NC(=O)C1CCN(Cc2c(F)cccc2Cl)CC1)c1ccc(C(C)(C)C)cc1. The molecule has 0 saturated carbocycles. The summed E-state index contributed by atoms with van der Waals surface area (Å²) in [7, 11) is 0. The van der Waals surface area contributed by atoms with E-state index in [4.69, 9.17) is 11.6 Å². The van der Waals surface area contributed by atoms with Crippen LogP contribution >= 0.6 is 11.6 Å². The highest BCUT2D eigenvalue weighted by molar-refractivity contribution is 6.31. The molecule has 0 aliphatic carbocycles. The zero-order chi connectivity index (χ0) is 21.9. The molecule has 30 heavy (non-hydrogen) atoms. The summed E-state index contributed by atoms with van der Waals surface area (Å²) >= 11 is 6.15. The first-order valence-electron chi connectivity index (χ1n) is 10.7. The van der Waals surface area contributed by atoms with Gasteiger partial charge in [0.1, 0.15) is 5.82 Å². The van der Waals surface area contributed by atoms with Crippen molar-refractivity contribution in [3.8, 4) is 0 Å². The highest BCUT2D eigenvalue weighted by Crippen LogP contribution is 2.26. The zero-order valence-corrected chi connectivity index (χ0v) is 19.1. The quantitative estimate of drug-likeness (QED) is 0.643. The van der Waals surface area contributed by atoms with Crippen LogP contribution in [-0.4, -0.2) is 23.9 Å². The second kappa shape index (κ2) is 9.49. The standard InChI is InChI=1S/C25H32ClFN2O/c1-17(18-8-10-20(11-9-18)25(2,3)4)28-24(30)19-12-14-29(15-13-19)16-21-22(26)6-5-7-23(21)27/h5-11,17,19H,12-16H2,1-4H3,(H,28,30)/t17-/m0/s1. The third-order valence-corrected chi connectivity index (χ3v) is 6.39. The van der Waals surface area contributed by atoms with Gasteiger partial charge in [0.05, 0.1) is 6.04 Å². The fraction of sp³-hybridized carbons (Fsp3) is 0.480. The van der Waals surface area contributed by atoms with Gasteiger partial charge in [0.2, 0.25) is 5.91 Å². The maximum Gasteiger partial charge on any atom is 0.223 e. The van der Waals surface area contributed by atoms with Crippen molar-refractivity contribution in [3.05, 3.63) is 70.0 Å². The summed E-state index contributed by atoms with van der Waals surface area (Å²) in [5.74, 6) is -0.173. The highest BCUT2D eigenvalue weighted by Gasteiger charge is 2.27. The van der Waals surface area contributed by atoms with E-state index in [1.807, 2.05) is 6.92 Å². The summed E-state index contributed by atoms with van der Waals surface area (Å²) in [6.45, 7) is 10.6. The summed E-state index contributed by atoms with van der Waals surface area (Å²) in [5.41, 5.74) is 3.05. The number of carbonyl (C=O) groups is 1. The van der Waals surface area contributed by atoms with Crippen molar-refractivity contribution in [1.29, 1.82) is 0 Å². The van der Waals surface area contributed by atoms with Crippen LogP contribution in [0.5, 0.6) is 0 Å². The van der Waals surface area contributed by atoms with E-state index in [1.165, 1.54) is 11.6 Å². The Labute approximate surface area is 184 Å². The third-order valence-electron chi connectivity index (χ3n) is 6.04. The van der Waals surface area contributed by atoms with E-state index >= 15 is 0 Å². The molecule has 3 rings (SSSR count). The summed E-state index contributed by atoms with van der Waals surface area (Å²) in [6, 6.07) is 13.2. The Hall–Kier alpha value is -1.91. The lowest BCUT2D eigenvalue weighted by Crippen LogP contribution is -2.41. The van der Waals surface area contributed by atoms with Crippen molar-refractivity contribution in [3.63, 3.8) is 0 Å². The van der Waals surface area contributed by atoms with Gasteiger partial charge in [-0.05, 0) is 61.5 Å². The van der Waals surface area contributed by atoms with E-state index in [-0.39, 0.29) is 29.1 Å². The molecule has 1 N–H and O–H groups in total. The predicted molar refractivity (Wildman–Crippen MR) is 121 cm³/mol. The second-order valence-corrected chi connectivity index (χ2v) is 9.76. The summed E-state index contributed by atoms with van der Waals surface area (Å²) in [4.78, 5) is 14.9. The molecule has 0 bridgehead atoms. The number of hydrogen-bond acceptors (Lipinski definition) is 2. The van der Waals surface area contributed by atoms with E-state index in [2.05, 4.69) is 55.3 Å². The number of nitrogens with one attached hydrogen (secondary N) is 1. The van der Waals surface area contributed by atoms with Crippen LogP contribution in [0.1, 0.15) is 63.3 Å². The Bertz CT molecular complexity index is 847. The first-order valence-corrected chi connectivity index (χ1v) is 11.1. The minimum Gasteiger partial charge on any atom is -0.349 e. The maximum absolute atomic E-state index is 14.0. The Morgan fingerprint density at radius 1 is 1.17 bits per heavy atom. The van der Waals surface area contributed by atoms with E-state index < -0.39 is 0 Å². The highest BCUT2D eigenvalue weighted by atomic mass is 35.5. The van der Waals surface area contributed by atoms with Crippen molar-refractivity contribution < 1.29 is 9.18 Å². The number of piperidine rings is 1. The number of amides is 1. The molecular weight excluding hydrogens is 399 g/mol. The number of rotatable bonds is 5. The lowest BCUT2D eigenvalue weighted by Gasteiger charge is -2.32. The molecule has 1 saturated heterocycles. The van der Waals surface area contributed by atoms with Gasteiger partial charge in [-0.15, -0.1) is 0 Å². The minimum absolute atomic E-state index is 0.00589. The molecule has 0 aromatic heterocycles. The Kier molecular flexibility index (Phi) is 7.20. The second-order valence-electron chi connectivity index (χ2n) is 9.35. The van der Waals surface area contributed by atoms with E-state index in [0.717, 1.165) is 31.5 Å². The molecule has 162 valence electrons. The zero-order valence-electron chi connectivity index (χ0n) is 18.3. The smallest absolute Gasteiger partial charge is 0.223 e. The Morgan fingerprint density at radius 3 is 2.37 bits per heavy atom. The van der Waals surface area contributed by atoms with Gasteiger partial charge in [-0.3, -0.25) is 9.69 Å². The topological polar surface area (TPSA) is 32.3 Å². The number of halogens is 2. The van der Waals surface area contributed by atoms with Crippen LogP contribution in [-0.2, 0) is 16.8 Å². The number of likely N-dealkylation sites (tertiary alicyclic amines) is 1. The molecule has 1 fully saturated rings. The van der Waals surface area contributed by atoms with Crippen LogP contribution in [0, 0.1) is 11.7 Å². The minimum atomic E-state index is -0.270. The molecule has 0 spiro atoms. The van der Waals surface area contributed by atoms with E-state index in [9.17, 15) is 9.18 Å².